The molecule has 1 N–H and O–H groups in total. The van der Waals surface area contributed by atoms with Crippen molar-refractivity contribution in [2.75, 3.05) is 26.7 Å². The lowest BCUT2D eigenvalue weighted by atomic mass is 9.72. The summed E-state index contributed by atoms with van der Waals surface area (Å²) in [5, 5.41) is 3.18. The first kappa shape index (κ1) is 21.9. The number of piperidine rings is 1. The van der Waals surface area contributed by atoms with Crippen molar-refractivity contribution >= 4 is 11.8 Å². The summed E-state index contributed by atoms with van der Waals surface area (Å²) in [6.07, 6.45) is 11.5. The molecule has 5 nitrogen and oxygen atoms in total. The summed E-state index contributed by atoms with van der Waals surface area (Å²) in [6.45, 7) is 3.64. The highest BCUT2D eigenvalue weighted by Crippen LogP contribution is 2.36. The molecule has 0 atom stereocenters. The number of ether oxygens (including phenoxy) is 1. The third-order valence-corrected chi connectivity index (χ3v) is 6.19. The van der Waals surface area contributed by atoms with Gasteiger partial charge < -0.3 is 15.0 Å². The molecule has 0 aromatic heterocycles. The Morgan fingerprint density at radius 2 is 1.87 bits per heavy atom. The van der Waals surface area contributed by atoms with Gasteiger partial charge >= 0.3 is 0 Å². The maximum absolute atomic E-state index is 13.4. The Hall–Kier alpha value is -2.82. The first-order valence-electron chi connectivity index (χ1n) is 10.8. The molecule has 3 rings (SSSR count). The van der Waals surface area contributed by atoms with Gasteiger partial charge in [-0.3, -0.25) is 9.59 Å². The Morgan fingerprint density at radius 3 is 2.47 bits per heavy atom. The molecule has 2 amide bonds. The quantitative estimate of drug-likeness (QED) is 0.697. The molecule has 0 saturated carbocycles. The van der Waals surface area contributed by atoms with Gasteiger partial charge in [-0.15, -0.1) is 0 Å². The van der Waals surface area contributed by atoms with Gasteiger partial charge in [0.05, 0.1) is 18.3 Å². The predicted molar refractivity (Wildman–Crippen MR) is 119 cm³/mol. The minimum absolute atomic E-state index is 0.0206. The smallest absolute Gasteiger partial charge is 0.246 e. The Kier molecular flexibility index (Phi) is 7.50. The number of nitrogens with zero attached hydrogens (tertiary/aromatic N) is 1. The van der Waals surface area contributed by atoms with E-state index in [1.165, 1.54) is 5.57 Å². The second-order valence-corrected chi connectivity index (χ2v) is 7.94. The van der Waals surface area contributed by atoms with Gasteiger partial charge in [0.1, 0.15) is 0 Å². The molecular formula is C25H32N2O3. The fraction of sp³-hybridized carbons (Fsp3) is 0.440. The van der Waals surface area contributed by atoms with E-state index in [2.05, 4.69) is 11.4 Å². The number of allylic oxidation sites excluding steroid dienone is 4. The van der Waals surface area contributed by atoms with Gasteiger partial charge in [0.25, 0.3) is 0 Å². The molecule has 0 bridgehead atoms. The number of rotatable bonds is 7. The Balaban J connectivity index is 1.66. The van der Waals surface area contributed by atoms with E-state index in [1.807, 2.05) is 48.2 Å². The van der Waals surface area contributed by atoms with E-state index in [-0.39, 0.29) is 11.8 Å². The average molecular weight is 409 g/mol. The molecule has 5 heteroatoms. The summed E-state index contributed by atoms with van der Waals surface area (Å²) < 4.78 is 5.28. The number of likely N-dealkylation sites (tertiary alicyclic amines) is 1. The summed E-state index contributed by atoms with van der Waals surface area (Å²) >= 11 is 0. The first-order valence-corrected chi connectivity index (χ1v) is 10.8. The number of carbonyl (C=O) groups is 2. The zero-order valence-electron chi connectivity index (χ0n) is 18.0. The van der Waals surface area contributed by atoms with Crippen molar-refractivity contribution in [2.45, 2.75) is 44.4 Å². The SMILES string of the molecule is C/C=C/C(=O)N1CCC(C(=O)NCCC2=CC=C(OC)CC2)(c2ccccc2)CC1. The third-order valence-electron chi connectivity index (χ3n) is 6.19. The van der Waals surface area contributed by atoms with Gasteiger partial charge in [0.15, 0.2) is 0 Å². The number of methoxy groups -OCH3 is 1. The van der Waals surface area contributed by atoms with Crippen LogP contribution in [-0.2, 0) is 19.7 Å². The van der Waals surface area contributed by atoms with E-state index in [1.54, 1.807) is 19.3 Å². The lowest BCUT2D eigenvalue weighted by Crippen LogP contribution is -2.52. The maximum atomic E-state index is 13.4. The number of amides is 2. The topological polar surface area (TPSA) is 58.6 Å². The molecule has 1 saturated heterocycles. The van der Waals surface area contributed by atoms with Gasteiger partial charge in [0.2, 0.25) is 11.8 Å². The van der Waals surface area contributed by atoms with Gasteiger partial charge in [0, 0.05) is 26.1 Å². The number of benzene rings is 1. The molecule has 2 aliphatic rings. The lowest BCUT2D eigenvalue weighted by Gasteiger charge is -2.41. The monoisotopic (exact) mass is 408 g/mol. The number of hydrogen-bond acceptors (Lipinski definition) is 3. The lowest BCUT2D eigenvalue weighted by molar-refractivity contribution is -0.133. The van der Waals surface area contributed by atoms with Crippen LogP contribution in [-0.4, -0.2) is 43.5 Å². The van der Waals surface area contributed by atoms with Crippen molar-refractivity contribution in [1.82, 2.24) is 10.2 Å². The fourth-order valence-electron chi connectivity index (χ4n) is 4.31. The second kappa shape index (κ2) is 10.3. The van der Waals surface area contributed by atoms with E-state index in [0.29, 0.717) is 32.5 Å². The van der Waals surface area contributed by atoms with Gasteiger partial charge in [-0.05, 0) is 50.3 Å². The van der Waals surface area contributed by atoms with Gasteiger partial charge in [-0.2, -0.15) is 0 Å². The Morgan fingerprint density at radius 1 is 1.13 bits per heavy atom. The Bertz CT molecular complexity index is 831. The molecule has 1 aliphatic carbocycles. The highest BCUT2D eigenvalue weighted by atomic mass is 16.5. The van der Waals surface area contributed by atoms with Crippen molar-refractivity contribution in [2.24, 2.45) is 0 Å². The molecule has 160 valence electrons. The van der Waals surface area contributed by atoms with E-state index in [9.17, 15) is 9.59 Å². The second-order valence-electron chi connectivity index (χ2n) is 7.94. The number of carbonyl (C=O) groups excluding carboxylic acids is 2. The molecule has 0 unspecified atom stereocenters. The molecule has 1 fully saturated rings. The standard InChI is InChI=1S/C25H32N2O3/c1-3-7-23(28)27-18-15-25(16-19-27,21-8-5-4-6-9-21)24(29)26-17-14-20-10-12-22(30-2)13-11-20/h3-10,12H,11,13-19H2,1-2H3,(H,26,29)/b7-3+. The van der Waals surface area contributed by atoms with Crippen molar-refractivity contribution in [1.29, 1.82) is 0 Å². The number of nitrogens with one attached hydrogen (secondary N) is 1. The average Bonchev–Trinajstić information content (AvgIpc) is 2.80. The van der Waals surface area contributed by atoms with Crippen LogP contribution >= 0.6 is 0 Å². The van der Waals surface area contributed by atoms with Crippen LogP contribution in [0.4, 0.5) is 0 Å². The zero-order chi connectivity index (χ0) is 21.4. The summed E-state index contributed by atoms with van der Waals surface area (Å²) in [6, 6.07) is 9.99. The van der Waals surface area contributed by atoms with Crippen LogP contribution in [0.3, 0.4) is 0 Å². The minimum Gasteiger partial charge on any atom is -0.501 e. The van der Waals surface area contributed by atoms with Crippen LogP contribution < -0.4 is 5.32 Å². The van der Waals surface area contributed by atoms with E-state index in [4.69, 9.17) is 4.74 Å². The summed E-state index contributed by atoms with van der Waals surface area (Å²) in [5.41, 5.74) is 1.78. The molecule has 1 aromatic carbocycles. The van der Waals surface area contributed by atoms with Crippen LogP contribution in [0.25, 0.3) is 0 Å². The summed E-state index contributed by atoms with van der Waals surface area (Å²) in [5.74, 6) is 1.09. The van der Waals surface area contributed by atoms with Crippen LogP contribution in [0.5, 0.6) is 0 Å². The van der Waals surface area contributed by atoms with Crippen molar-refractivity contribution in [3.8, 4) is 0 Å². The van der Waals surface area contributed by atoms with Crippen molar-refractivity contribution < 1.29 is 14.3 Å². The summed E-state index contributed by atoms with van der Waals surface area (Å²) in [4.78, 5) is 27.4. The largest absolute Gasteiger partial charge is 0.501 e. The third kappa shape index (κ3) is 5.02. The molecule has 30 heavy (non-hydrogen) atoms. The highest BCUT2D eigenvalue weighted by Gasteiger charge is 2.43. The highest BCUT2D eigenvalue weighted by molar-refractivity contribution is 5.90. The molecule has 0 spiro atoms. The minimum atomic E-state index is -0.585. The zero-order valence-corrected chi connectivity index (χ0v) is 18.0. The number of hydrogen-bond donors (Lipinski definition) is 1. The van der Waals surface area contributed by atoms with Crippen LogP contribution in [0, 0.1) is 0 Å². The first-order chi connectivity index (χ1) is 14.6. The van der Waals surface area contributed by atoms with Crippen molar-refractivity contribution in [3.63, 3.8) is 0 Å². The van der Waals surface area contributed by atoms with E-state index in [0.717, 1.165) is 30.6 Å². The van der Waals surface area contributed by atoms with E-state index >= 15 is 0 Å². The summed E-state index contributed by atoms with van der Waals surface area (Å²) in [7, 11) is 1.70. The normalized spacial score (nSPS) is 18.5. The molecule has 0 radical (unpaired) electrons. The van der Waals surface area contributed by atoms with Crippen molar-refractivity contribution in [3.05, 3.63) is 71.5 Å². The van der Waals surface area contributed by atoms with Gasteiger partial charge in [-0.25, -0.2) is 0 Å². The predicted octanol–water partition coefficient (Wildman–Crippen LogP) is 3.88. The van der Waals surface area contributed by atoms with Crippen LogP contribution in [0.1, 0.15) is 44.6 Å². The molecular weight excluding hydrogens is 376 g/mol. The molecule has 1 aliphatic heterocycles. The molecule has 1 heterocycles. The van der Waals surface area contributed by atoms with E-state index < -0.39 is 5.41 Å². The molecule has 1 aromatic rings. The fourth-order valence-corrected chi connectivity index (χ4v) is 4.31. The van der Waals surface area contributed by atoms with Crippen LogP contribution in [0.15, 0.2) is 66.0 Å². The van der Waals surface area contributed by atoms with Gasteiger partial charge in [-0.1, -0.05) is 48.1 Å². The maximum Gasteiger partial charge on any atom is 0.246 e. The van der Waals surface area contributed by atoms with Crippen LogP contribution in [0.2, 0.25) is 0 Å². The Labute approximate surface area is 179 Å².